The van der Waals surface area contributed by atoms with Crippen LogP contribution in [0.15, 0.2) is 47.4 Å². The van der Waals surface area contributed by atoms with E-state index in [1.807, 2.05) is 4.90 Å². The normalized spacial score (nSPS) is 18.8. The molecule has 2 aromatic carbocycles. The molecule has 4 nitrogen and oxygen atoms in total. The van der Waals surface area contributed by atoms with Crippen molar-refractivity contribution in [3.8, 4) is 0 Å². The van der Waals surface area contributed by atoms with Gasteiger partial charge >= 0.3 is 0 Å². The minimum atomic E-state index is -3.81. The Morgan fingerprint density at radius 3 is 2.69 bits per heavy atom. The quantitative estimate of drug-likeness (QED) is 0.834. The van der Waals surface area contributed by atoms with Crippen LogP contribution in [0, 0.1) is 11.6 Å². The number of nitrogens with one attached hydrogen (secondary N) is 1. The van der Waals surface area contributed by atoms with Crippen LogP contribution < -0.4 is 4.72 Å². The first-order valence-electron chi connectivity index (χ1n) is 8.28. The number of hydrogen-bond acceptors (Lipinski definition) is 3. The third kappa shape index (κ3) is 4.59. The highest BCUT2D eigenvalue weighted by molar-refractivity contribution is 7.89. The van der Waals surface area contributed by atoms with E-state index < -0.39 is 15.8 Å². The van der Waals surface area contributed by atoms with Gasteiger partial charge in [-0.15, -0.1) is 0 Å². The van der Waals surface area contributed by atoms with E-state index in [4.69, 9.17) is 11.6 Å². The molecule has 1 aliphatic rings. The monoisotopic (exact) mass is 400 g/mol. The zero-order valence-corrected chi connectivity index (χ0v) is 15.5. The van der Waals surface area contributed by atoms with E-state index >= 15 is 0 Å². The van der Waals surface area contributed by atoms with Crippen LogP contribution in [0.4, 0.5) is 8.78 Å². The maximum Gasteiger partial charge on any atom is 0.240 e. The SMILES string of the molecule is O=S(=O)(NC1CCCN(Cc2c(F)cccc2Cl)C1)c1cccc(F)c1. The number of likely N-dealkylation sites (tertiary alicyclic amines) is 1. The lowest BCUT2D eigenvalue weighted by Gasteiger charge is -2.33. The summed E-state index contributed by atoms with van der Waals surface area (Å²) in [6.07, 6.45) is 1.43. The molecule has 0 amide bonds. The number of piperidine rings is 1. The van der Waals surface area contributed by atoms with Gasteiger partial charge in [0.05, 0.1) is 4.90 Å². The van der Waals surface area contributed by atoms with Crippen LogP contribution in [0.2, 0.25) is 5.02 Å². The Hall–Kier alpha value is -1.54. The average molecular weight is 401 g/mol. The molecule has 0 radical (unpaired) electrons. The number of halogens is 3. The van der Waals surface area contributed by atoms with Gasteiger partial charge in [-0.1, -0.05) is 23.7 Å². The van der Waals surface area contributed by atoms with Crippen molar-refractivity contribution in [3.05, 3.63) is 64.7 Å². The Morgan fingerprint density at radius 2 is 1.96 bits per heavy atom. The molecule has 1 saturated heterocycles. The molecule has 0 bridgehead atoms. The van der Waals surface area contributed by atoms with Gasteiger partial charge in [-0.05, 0) is 49.7 Å². The van der Waals surface area contributed by atoms with Gasteiger partial charge in [0, 0.05) is 29.7 Å². The molecule has 0 aliphatic carbocycles. The second-order valence-corrected chi connectivity index (χ2v) is 8.47. The van der Waals surface area contributed by atoms with Crippen LogP contribution in [0.1, 0.15) is 18.4 Å². The summed E-state index contributed by atoms with van der Waals surface area (Å²) in [5, 5.41) is 0.354. The van der Waals surface area contributed by atoms with Crippen LogP contribution in [0.5, 0.6) is 0 Å². The Kier molecular flexibility index (Phi) is 5.92. The lowest BCUT2D eigenvalue weighted by atomic mass is 10.1. The van der Waals surface area contributed by atoms with Crippen LogP contribution in [0.3, 0.4) is 0 Å². The molecular formula is C18H19ClF2N2O2S. The summed E-state index contributed by atoms with van der Waals surface area (Å²) in [6, 6.07) is 9.10. The largest absolute Gasteiger partial charge is 0.297 e. The minimum absolute atomic E-state index is 0.105. The maximum atomic E-state index is 14.0. The molecule has 1 heterocycles. The van der Waals surface area contributed by atoms with Crippen LogP contribution in [0.25, 0.3) is 0 Å². The van der Waals surface area contributed by atoms with Crippen LogP contribution in [-0.2, 0) is 16.6 Å². The van der Waals surface area contributed by atoms with Gasteiger partial charge in [0.25, 0.3) is 0 Å². The average Bonchev–Trinajstić information content (AvgIpc) is 2.58. The summed E-state index contributed by atoms with van der Waals surface area (Å²) >= 11 is 6.07. The van der Waals surface area contributed by atoms with E-state index in [0.29, 0.717) is 30.1 Å². The summed E-state index contributed by atoms with van der Waals surface area (Å²) in [7, 11) is -3.81. The smallest absolute Gasteiger partial charge is 0.240 e. The van der Waals surface area contributed by atoms with Gasteiger partial charge in [0.2, 0.25) is 10.0 Å². The molecule has 26 heavy (non-hydrogen) atoms. The number of benzene rings is 2. The first-order valence-corrected chi connectivity index (χ1v) is 10.1. The van der Waals surface area contributed by atoms with Gasteiger partial charge < -0.3 is 0 Å². The number of rotatable bonds is 5. The third-order valence-electron chi connectivity index (χ3n) is 4.38. The number of nitrogens with zero attached hydrogens (tertiary/aromatic N) is 1. The second-order valence-electron chi connectivity index (χ2n) is 6.35. The second kappa shape index (κ2) is 8.00. The molecule has 8 heteroatoms. The van der Waals surface area contributed by atoms with E-state index in [-0.39, 0.29) is 16.8 Å². The van der Waals surface area contributed by atoms with Crippen molar-refractivity contribution in [2.75, 3.05) is 13.1 Å². The van der Waals surface area contributed by atoms with Gasteiger partial charge in [-0.25, -0.2) is 21.9 Å². The van der Waals surface area contributed by atoms with Gasteiger partial charge in [-0.2, -0.15) is 0 Å². The van der Waals surface area contributed by atoms with Crippen LogP contribution >= 0.6 is 11.6 Å². The van der Waals surface area contributed by atoms with E-state index in [1.165, 1.54) is 24.3 Å². The fourth-order valence-electron chi connectivity index (χ4n) is 3.12. The summed E-state index contributed by atoms with van der Waals surface area (Å²) in [5.41, 5.74) is 0.405. The summed E-state index contributed by atoms with van der Waals surface area (Å²) in [5.74, 6) is -0.979. The van der Waals surface area contributed by atoms with E-state index in [1.54, 1.807) is 12.1 Å². The number of sulfonamides is 1. The molecule has 1 unspecified atom stereocenters. The molecule has 1 fully saturated rings. The summed E-state index contributed by atoms with van der Waals surface area (Å²) < 4.78 is 54.8. The molecule has 0 spiro atoms. The highest BCUT2D eigenvalue weighted by Gasteiger charge is 2.26. The van der Waals surface area contributed by atoms with Crippen molar-refractivity contribution in [2.45, 2.75) is 30.3 Å². The summed E-state index contributed by atoms with van der Waals surface area (Å²) in [6.45, 7) is 1.46. The zero-order valence-electron chi connectivity index (χ0n) is 14.0. The fraction of sp³-hybridized carbons (Fsp3) is 0.333. The molecule has 2 aromatic rings. The highest BCUT2D eigenvalue weighted by Crippen LogP contribution is 2.23. The van der Waals surface area contributed by atoms with Gasteiger partial charge in [0.1, 0.15) is 11.6 Å². The van der Waals surface area contributed by atoms with Gasteiger partial charge in [0.15, 0.2) is 0 Å². The van der Waals surface area contributed by atoms with Crippen molar-refractivity contribution in [3.63, 3.8) is 0 Å². The Labute approximate surface area is 156 Å². The van der Waals surface area contributed by atoms with E-state index in [2.05, 4.69) is 4.72 Å². The Bertz CT molecular complexity index is 872. The standard InChI is InChI=1S/C18H19ClF2N2O2S/c19-17-7-2-8-18(21)16(17)12-23-9-3-5-14(11-23)22-26(24,25)15-6-1-4-13(20)10-15/h1-2,4,6-8,10,14,22H,3,5,9,11-12H2. The van der Waals surface area contributed by atoms with Crippen molar-refractivity contribution >= 4 is 21.6 Å². The Morgan fingerprint density at radius 1 is 1.19 bits per heavy atom. The predicted molar refractivity (Wildman–Crippen MR) is 96.4 cm³/mol. The molecule has 3 rings (SSSR count). The molecule has 1 N–H and O–H groups in total. The number of hydrogen-bond donors (Lipinski definition) is 1. The molecule has 140 valence electrons. The van der Waals surface area contributed by atoms with E-state index in [0.717, 1.165) is 19.0 Å². The molecule has 0 aromatic heterocycles. The predicted octanol–water partition coefficient (Wildman–Crippen LogP) is 3.56. The fourth-order valence-corrected chi connectivity index (χ4v) is 4.64. The van der Waals surface area contributed by atoms with E-state index in [9.17, 15) is 17.2 Å². The van der Waals surface area contributed by atoms with Crippen molar-refractivity contribution in [1.82, 2.24) is 9.62 Å². The molecule has 1 atom stereocenters. The molecule has 1 aliphatic heterocycles. The third-order valence-corrected chi connectivity index (χ3v) is 6.25. The van der Waals surface area contributed by atoms with Crippen molar-refractivity contribution in [2.24, 2.45) is 0 Å². The molecular weight excluding hydrogens is 382 g/mol. The van der Waals surface area contributed by atoms with Gasteiger partial charge in [-0.3, -0.25) is 4.90 Å². The first kappa shape index (κ1) is 19.2. The Balaban J connectivity index is 1.69. The van der Waals surface area contributed by atoms with Crippen molar-refractivity contribution < 1.29 is 17.2 Å². The maximum absolute atomic E-state index is 14.0. The first-order chi connectivity index (χ1) is 12.3. The van der Waals surface area contributed by atoms with Crippen LogP contribution in [-0.4, -0.2) is 32.4 Å². The molecule has 0 saturated carbocycles. The zero-order chi connectivity index (χ0) is 18.7. The lowest BCUT2D eigenvalue weighted by Crippen LogP contribution is -2.47. The van der Waals surface area contributed by atoms with Crippen molar-refractivity contribution in [1.29, 1.82) is 0 Å². The highest BCUT2D eigenvalue weighted by atomic mass is 35.5. The topological polar surface area (TPSA) is 49.4 Å². The summed E-state index contributed by atoms with van der Waals surface area (Å²) in [4.78, 5) is 1.86. The minimum Gasteiger partial charge on any atom is -0.297 e. The lowest BCUT2D eigenvalue weighted by molar-refractivity contribution is 0.192.